The predicted molar refractivity (Wildman–Crippen MR) is 140 cm³/mol. The molecule has 1 aliphatic heterocycles. The van der Waals surface area contributed by atoms with Crippen molar-refractivity contribution in [2.45, 2.75) is 32.9 Å². The molecule has 0 bridgehead atoms. The number of anilines is 2. The van der Waals surface area contributed by atoms with Crippen molar-refractivity contribution in [1.29, 1.82) is 0 Å². The molecule has 2 heterocycles. The summed E-state index contributed by atoms with van der Waals surface area (Å²) in [7, 11) is 0. The number of fused-ring (bicyclic) bond motifs is 1. The molecule has 2 atom stereocenters. The number of carbonyl (C=O) groups is 2. The Labute approximate surface area is 208 Å². The Bertz CT molecular complexity index is 1380. The first-order valence-corrected chi connectivity index (χ1v) is 12.3. The van der Waals surface area contributed by atoms with Crippen LogP contribution in [-0.2, 0) is 9.59 Å². The van der Waals surface area contributed by atoms with E-state index in [0.29, 0.717) is 17.1 Å². The quantitative estimate of drug-likeness (QED) is 0.382. The molecule has 4 aromatic rings. The van der Waals surface area contributed by atoms with E-state index in [1.165, 1.54) is 4.90 Å². The van der Waals surface area contributed by atoms with Gasteiger partial charge in [0.15, 0.2) is 6.10 Å². The number of hydrogen-bond acceptors (Lipinski definition) is 5. The summed E-state index contributed by atoms with van der Waals surface area (Å²) in [4.78, 5) is 32.6. The van der Waals surface area contributed by atoms with Crippen molar-refractivity contribution in [3.05, 3.63) is 83.7 Å². The molecular weight excluding hydrogens is 458 g/mol. The molecule has 0 saturated heterocycles. The minimum Gasteiger partial charge on any atom is -0.479 e. The van der Waals surface area contributed by atoms with Crippen LogP contribution in [0.4, 0.5) is 11.4 Å². The largest absolute Gasteiger partial charge is 0.479 e. The van der Waals surface area contributed by atoms with E-state index in [4.69, 9.17) is 9.72 Å². The number of ether oxygens (including phenoxy) is 1. The lowest BCUT2D eigenvalue weighted by Gasteiger charge is -2.36. The fourth-order valence-corrected chi connectivity index (χ4v) is 4.88. The molecule has 0 saturated carbocycles. The lowest BCUT2D eigenvalue weighted by molar-refractivity contribution is -0.128. The minimum atomic E-state index is -0.737. The molecule has 1 aromatic heterocycles. The topological polar surface area (TPSA) is 71.5 Å². The van der Waals surface area contributed by atoms with E-state index in [9.17, 15) is 9.59 Å². The number of amides is 2. The molecule has 2 amide bonds. The van der Waals surface area contributed by atoms with Gasteiger partial charge in [0.05, 0.1) is 11.4 Å². The molecule has 1 aliphatic rings. The van der Waals surface area contributed by atoms with Crippen LogP contribution in [0.2, 0.25) is 0 Å². The summed E-state index contributed by atoms with van der Waals surface area (Å²) in [6.07, 6.45) is -0.688. The SMILES string of the molecule is Cc1ccc(NC(=O)C(C)N2C(=O)C(C)Oc3ccc(-c4csc(-c5ccccc5)n4)cc32)cc1. The number of aromatic nitrogens is 1. The second-order valence-electron chi connectivity index (χ2n) is 8.59. The van der Waals surface area contributed by atoms with Gasteiger partial charge >= 0.3 is 0 Å². The molecule has 0 spiro atoms. The molecule has 3 aromatic carbocycles. The van der Waals surface area contributed by atoms with Crippen LogP contribution in [-0.4, -0.2) is 28.9 Å². The summed E-state index contributed by atoms with van der Waals surface area (Å²) >= 11 is 1.56. The van der Waals surface area contributed by atoms with Crippen LogP contribution in [0.25, 0.3) is 21.8 Å². The maximum Gasteiger partial charge on any atom is 0.268 e. The lowest BCUT2D eigenvalue weighted by Crippen LogP contribution is -2.52. The van der Waals surface area contributed by atoms with E-state index >= 15 is 0 Å². The van der Waals surface area contributed by atoms with Gasteiger partial charge in [-0.15, -0.1) is 11.3 Å². The summed E-state index contributed by atoms with van der Waals surface area (Å²) in [6, 6.07) is 22.5. The summed E-state index contributed by atoms with van der Waals surface area (Å²) < 4.78 is 5.86. The number of nitrogens with zero attached hydrogens (tertiary/aromatic N) is 2. The molecular formula is C28H25N3O3S. The third-order valence-electron chi connectivity index (χ3n) is 6.01. The van der Waals surface area contributed by atoms with E-state index in [2.05, 4.69) is 5.32 Å². The van der Waals surface area contributed by atoms with Crippen molar-refractivity contribution < 1.29 is 14.3 Å². The first-order valence-electron chi connectivity index (χ1n) is 11.4. The van der Waals surface area contributed by atoms with E-state index in [1.54, 1.807) is 25.2 Å². The monoisotopic (exact) mass is 483 g/mol. The zero-order valence-electron chi connectivity index (χ0n) is 19.7. The number of nitrogens with one attached hydrogen (secondary N) is 1. The molecule has 2 unspecified atom stereocenters. The van der Waals surface area contributed by atoms with Crippen LogP contribution in [0.1, 0.15) is 19.4 Å². The zero-order valence-corrected chi connectivity index (χ0v) is 20.5. The lowest BCUT2D eigenvalue weighted by atomic mass is 10.1. The van der Waals surface area contributed by atoms with Crippen molar-refractivity contribution in [1.82, 2.24) is 4.98 Å². The molecule has 0 radical (unpaired) electrons. The highest BCUT2D eigenvalue weighted by Gasteiger charge is 2.37. The van der Waals surface area contributed by atoms with Crippen LogP contribution in [0.5, 0.6) is 5.75 Å². The number of carbonyl (C=O) groups excluding carboxylic acids is 2. The fraction of sp³-hybridized carbons (Fsp3) is 0.179. The van der Waals surface area contributed by atoms with Crippen molar-refractivity contribution >= 4 is 34.5 Å². The molecule has 7 heteroatoms. The zero-order chi connectivity index (χ0) is 24.5. The maximum absolute atomic E-state index is 13.2. The van der Waals surface area contributed by atoms with Crippen LogP contribution < -0.4 is 15.0 Å². The third-order valence-corrected chi connectivity index (χ3v) is 6.91. The first-order chi connectivity index (χ1) is 16.9. The van der Waals surface area contributed by atoms with E-state index < -0.39 is 12.1 Å². The van der Waals surface area contributed by atoms with Gasteiger partial charge in [-0.3, -0.25) is 14.5 Å². The Kier molecular flexibility index (Phi) is 6.09. The maximum atomic E-state index is 13.2. The number of aryl methyl sites for hydroxylation is 1. The minimum absolute atomic E-state index is 0.260. The Morgan fingerprint density at radius 2 is 1.80 bits per heavy atom. The van der Waals surface area contributed by atoms with Crippen molar-refractivity contribution in [3.63, 3.8) is 0 Å². The van der Waals surface area contributed by atoms with E-state index in [-0.39, 0.29) is 11.8 Å². The number of hydrogen-bond donors (Lipinski definition) is 1. The molecule has 0 fully saturated rings. The number of thiazole rings is 1. The number of benzene rings is 3. The predicted octanol–water partition coefficient (Wildman–Crippen LogP) is 5.93. The average molecular weight is 484 g/mol. The molecule has 35 heavy (non-hydrogen) atoms. The fourth-order valence-electron chi connectivity index (χ4n) is 4.04. The summed E-state index contributed by atoms with van der Waals surface area (Å²) in [5.74, 6) is 0.0338. The van der Waals surface area contributed by atoms with Gasteiger partial charge in [0, 0.05) is 22.2 Å². The van der Waals surface area contributed by atoms with Crippen molar-refractivity contribution in [2.24, 2.45) is 0 Å². The van der Waals surface area contributed by atoms with Gasteiger partial charge in [-0.25, -0.2) is 4.98 Å². The van der Waals surface area contributed by atoms with Gasteiger partial charge in [-0.05, 0) is 51.1 Å². The Morgan fingerprint density at radius 3 is 2.54 bits per heavy atom. The Hall–Kier alpha value is -3.97. The normalized spacial score (nSPS) is 15.8. The second kappa shape index (κ2) is 9.35. The van der Waals surface area contributed by atoms with Gasteiger partial charge < -0.3 is 10.1 Å². The van der Waals surface area contributed by atoms with Gasteiger partial charge in [-0.2, -0.15) is 0 Å². The summed E-state index contributed by atoms with van der Waals surface area (Å²) in [6.45, 7) is 5.41. The molecule has 176 valence electrons. The highest BCUT2D eigenvalue weighted by molar-refractivity contribution is 7.13. The van der Waals surface area contributed by atoms with Gasteiger partial charge in [-0.1, -0.05) is 48.0 Å². The Balaban J connectivity index is 1.46. The number of rotatable bonds is 5. The molecule has 1 N–H and O–H groups in total. The van der Waals surface area contributed by atoms with Crippen LogP contribution in [0.3, 0.4) is 0 Å². The molecule has 5 rings (SSSR count). The summed E-state index contributed by atoms with van der Waals surface area (Å²) in [5.41, 5.74) is 5.06. The molecule has 6 nitrogen and oxygen atoms in total. The van der Waals surface area contributed by atoms with Crippen molar-refractivity contribution in [2.75, 3.05) is 10.2 Å². The van der Waals surface area contributed by atoms with Gasteiger partial charge in [0.2, 0.25) is 5.91 Å². The van der Waals surface area contributed by atoms with Gasteiger partial charge in [0.25, 0.3) is 5.91 Å². The van der Waals surface area contributed by atoms with Crippen LogP contribution >= 0.6 is 11.3 Å². The van der Waals surface area contributed by atoms with Crippen LogP contribution in [0, 0.1) is 6.92 Å². The van der Waals surface area contributed by atoms with Crippen LogP contribution in [0.15, 0.2) is 78.2 Å². The van der Waals surface area contributed by atoms with E-state index in [0.717, 1.165) is 27.4 Å². The highest BCUT2D eigenvalue weighted by Crippen LogP contribution is 2.39. The Morgan fingerprint density at radius 1 is 1.06 bits per heavy atom. The smallest absolute Gasteiger partial charge is 0.268 e. The summed E-state index contributed by atoms with van der Waals surface area (Å²) in [5, 5.41) is 5.83. The van der Waals surface area contributed by atoms with Crippen molar-refractivity contribution in [3.8, 4) is 27.6 Å². The first kappa shape index (κ1) is 22.8. The van der Waals surface area contributed by atoms with Gasteiger partial charge in [0.1, 0.15) is 16.8 Å². The molecule has 0 aliphatic carbocycles. The standard InChI is InChI=1S/C28H25N3O3S/c1-17-9-12-22(13-10-17)29-26(32)18(2)31-24-15-21(11-14-25(24)34-19(3)28(31)33)23-16-35-27(30-23)20-7-5-4-6-8-20/h4-16,18-19H,1-3H3,(H,29,32). The average Bonchev–Trinajstić information content (AvgIpc) is 3.37. The second-order valence-corrected chi connectivity index (χ2v) is 9.44. The third kappa shape index (κ3) is 4.55. The highest BCUT2D eigenvalue weighted by atomic mass is 32.1. The van der Waals surface area contributed by atoms with E-state index in [1.807, 2.05) is 85.1 Å².